The van der Waals surface area contributed by atoms with Gasteiger partial charge in [0.05, 0.1) is 0 Å². The summed E-state index contributed by atoms with van der Waals surface area (Å²) in [5.41, 5.74) is 2.10. The quantitative estimate of drug-likeness (QED) is 0.465. The topological polar surface area (TPSA) is 0 Å². The van der Waals surface area contributed by atoms with Crippen LogP contribution in [0.3, 0.4) is 0 Å². The van der Waals surface area contributed by atoms with E-state index in [0.717, 1.165) is 5.92 Å². The Hall–Kier alpha value is -0.195. The van der Waals surface area contributed by atoms with Gasteiger partial charge in [-0.1, -0.05) is 26.8 Å². The Balaban J connectivity index is 2.54. The zero-order valence-electron chi connectivity index (χ0n) is 8.28. The maximum Gasteiger partial charge on any atom is 0.133 e. The maximum atomic E-state index is 2.42. The molecule has 0 aliphatic heterocycles. The smallest absolute Gasteiger partial charge is 0.114 e. The van der Waals surface area contributed by atoms with E-state index in [0.29, 0.717) is 5.41 Å². The molecule has 1 aliphatic carbocycles. The fourth-order valence-corrected chi connectivity index (χ4v) is 1.75. The van der Waals surface area contributed by atoms with Crippen LogP contribution in [0.1, 0.15) is 40.0 Å². The Bertz CT molecular complexity index is 162. The fraction of sp³-hybridized carbons (Fsp3) is 0.800. The summed E-state index contributed by atoms with van der Waals surface area (Å²) in [5, 5.41) is 0. The summed E-state index contributed by atoms with van der Waals surface area (Å²) < 4.78 is 0. The number of hydrogen-bond donors (Lipinski definition) is 0. The van der Waals surface area contributed by atoms with Crippen LogP contribution in [0.2, 0.25) is 0 Å². The maximum absolute atomic E-state index is 2.42. The van der Waals surface area contributed by atoms with Gasteiger partial charge in [-0.05, 0) is 30.6 Å². The van der Waals surface area contributed by atoms with Crippen LogP contribution in [0, 0.1) is 11.3 Å². The normalized spacial score (nSPS) is 26.5. The molecule has 62 valence electrons. The Morgan fingerprint density at radius 2 is 2.09 bits per heavy atom. The SMILES string of the molecule is BC1=CCC(C(C)(C)C)CC1. The zero-order chi connectivity index (χ0) is 8.48. The van der Waals surface area contributed by atoms with E-state index in [1.807, 2.05) is 0 Å². The number of hydrogen-bond acceptors (Lipinski definition) is 0. The summed E-state index contributed by atoms with van der Waals surface area (Å²) in [5.74, 6) is 0.909. The molecule has 0 nitrogen and oxygen atoms in total. The second kappa shape index (κ2) is 3.04. The minimum Gasteiger partial charge on any atom is -0.114 e. The third-order valence-corrected chi connectivity index (χ3v) is 2.86. The largest absolute Gasteiger partial charge is 0.133 e. The van der Waals surface area contributed by atoms with E-state index in [9.17, 15) is 0 Å². The van der Waals surface area contributed by atoms with Gasteiger partial charge in [-0.25, -0.2) is 0 Å². The highest BCUT2D eigenvalue weighted by Gasteiger charge is 2.24. The van der Waals surface area contributed by atoms with Gasteiger partial charge in [0.1, 0.15) is 7.85 Å². The monoisotopic (exact) mass is 150 g/mol. The predicted molar refractivity (Wildman–Crippen MR) is 53.4 cm³/mol. The summed E-state index contributed by atoms with van der Waals surface area (Å²) >= 11 is 0. The van der Waals surface area contributed by atoms with E-state index >= 15 is 0 Å². The molecule has 11 heavy (non-hydrogen) atoms. The van der Waals surface area contributed by atoms with Gasteiger partial charge in [-0.15, -0.1) is 5.47 Å². The van der Waals surface area contributed by atoms with E-state index in [1.54, 1.807) is 5.47 Å². The lowest BCUT2D eigenvalue weighted by Crippen LogP contribution is -2.22. The lowest BCUT2D eigenvalue weighted by Gasteiger charge is -2.32. The summed E-state index contributed by atoms with van der Waals surface area (Å²) in [6.45, 7) is 7.06. The van der Waals surface area contributed by atoms with Crippen molar-refractivity contribution < 1.29 is 0 Å². The van der Waals surface area contributed by atoms with Gasteiger partial charge < -0.3 is 0 Å². The molecule has 1 atom stereocenters. The summed E-state index contributed by atoms with van der Waals surface area (Å²) in [4.78, 5) is 0. The van der Waals surface area contributed by atoms with Crippen molar-refractivity contribution in [2.24, 2.45) is 11.3 Å². The van der Waals surface area contributed by atoms with E-state index < -0.39 is 0 Å². The first kappa shape index (κ1) is 8.90. The van der Waals surface area contributed by atoms with Crippen LogP contribution in [0.15, 0.2) is 11.5 Å². The van der Waals surface area contributed by atoms with Gasteiger partial charge in [0.15, 0.2) is 0 Å². The van der Waals surface area contributed by atoms with E-state index in [2.05, 4.69) is 34.7 Å². The van der Waals surface area contributed by atoms with Crippen LogP contribution in [-0.2, 0) is 0 Å². The molecule has 1 unspecified atom stereocenters. The minimum atomic E-state index is 0.511. The molecule has 0 fully saturated rings. The zero-order valence-corrected chi connectivity index (χ0v) is 8.28. The molecule has 0 heterocycles. The summed E-state index contributed by atoms with van der Waals surface area (Å²) in [7, 11) is 2.25. The lowest BCUT2D eigenvalue weighted by atomic mass is 9.70. The van der Waals surface area contributed by atoms with Gasteiger partial charge >= 0.3 is 0 Å². The first-order valence-corrected chi connectivity index (χ1v) is 4.66. The standard InChI is InChI=1S/C10H19B/c1-10(2,3)8-4-6-9(11)7-5-8/h6,8H,4-5,7,11H2,1-3H3. The fourth-order valence-electron chi connectivity index (χ4n) is 1.75. The Morgan fingerprint density at radius 3 is 2.45 bits per heavy atom. The van der Waals surface area contributed by atoms with Crippen LogP contribution in [0.25, 0.3) is 0 Å². The van der Waals surface area contributed by atoms with Crippen molar-refractivity contribution in [3.05, 3.63) is 11.5 Å². The highest BCUT2D eigenvalue weighted by molar-refractivity contribution is 6.21. The molecule has 0 aromatic carbocycles. The molecule has 1 rings (SSSR count). The average Bonchev–Trinajstić information content (AvgIpc) is 1.86. The third kappa shape index (κ3) is 2.39. The van der Waals surface area contributed by atoms with Crippen LogP contribution < -0.4 is 0 Å². The second-order valence-electron chi connectivity index (χ2n) is 4.89. The van der Waals surface area contributed by atoms with Crippen molar-refractivity contribution in [1.29, 1.82) is 0 Å². The van der Waals surface area contributed by atoms with Crippen LogP contribution in [0.5, 0.6) is 0 Å². The van der Waals surface area contributed by atoms with Crippen molar-refractivity contribution in [3.8, 4) is 0 Å². The van der Waals surface area contributed by atoms with E-state index in [1.165, 1.54) is 19.3 Å². The molecule has 0 bridgehead atoms. The molecule has 0 spiro atoms. The lowest BCUT2D eigenvalue weighted by molar-refractivity contribution is 0.222. The first-order chi connectivity index (χ1) is 5.00. The number of allylic oxidation sites excluding steroid dienone is 2. The Labute approximate surface area is 71.5 Å². The van der Waals surface area contributed by atoms with Crippen LogP contribution in [-0.4, -0.2) is 7.85 Å². The third-order valence-electron chi connectivity index (χ3n) is 2.86. The molecule has 0 N–H and O–H groups in total. The Kier molecular flexibility index (Phi) is 2.46. The predicted octanol–water partition coefficient (Wildman–Crippen LogP) is 2.35. The van der Waals surface area contributed by atoms with Gasteiger partial charge in [-0.2, -0.15) is 0 Å². The molecule has 1 heteroatoms. The average molecular weight is 150 g/mol. The summed E-state index contributed by atoms with van der Waals surface area (Å²) in [6, 6.07) is 0. The highest BCUT2D eigenvalue weighted by Crippen LogP contribution is 2.36. The molecular weight excluding hydrogens is 131 g/mol. The van der Waals surface area contributed by atoms with E-state index in [-0.39, 0.29) is 0 Å². The van der Waals surface area contributed by atoms with Crippen molar-refractivity contribution in [2.45, 2.75) is 40.0 Å². The minimum absolute atomic E-state index is 0.511. The molecule has 0 aromatic heterocycles. The van der Waals surface area contributed by atoms with Crippen LogP contribution >= 0.6 is 0 Å². The van der Waals surface area contributed by atoms with Crippen molar-refractivity contribution in [2.75, 3.05) is 0 Å². The molecule has 0 saturated heterocycles. The Morgan fingerprint density at radius 1 is 1.45 bits per heavy atom. The first-order valence-electron chi connectivity index (χ1n) is 4.66. The van der Waals surface area contributed by atoms with Crippen molar-refractivity contribution in [1.82, 2.24) is 0 Å². The van der Waals surface area contributed by atoms with Crippen molar-refractivity contribution in [3.63, 3.8) is 0 Å². The summed E-state index contributed by atoms with van der Waals surface area (Å²) in [6.07, 6.45) is 6.43. The molecule has 0 aromatic rings. The molecule has 0 radical (unpaired) electrons. The van der Waals surface area contributed by atoms with Gasteiger partial charge in [0.2, 0.25) is 0 Å². The molecule has 0 saturated carbocycles. The second-order valence-corrected chi connectivity index (χ2v) is 4.89. The number of rotatable bonds is 0. The molecule has 0 amide bonds. The van der Waals surface area contributed by atoms with Crippen LogP contribution in [0.4, 0.5) is 0 Å². The molecule has 1 aliphatic rings. The van der Waals surface area contributed by atoms with Gasteiger partial charge in [-0.3, -0.25) is 0 Å². The highest BCUT2D eigenvalue weighted by atomic mass is 14.3. The van der Waals surface area contributed by atoms with E-state index in [4.69, 9.17) is 0 Å². The van der Waals surface area contributed by atoms with Gasteiger partial charge in [0.25, 0.3) is 0 Å². The van der Waals surface area contributed by atoms with Gasteiger partial charge in [0, 0.05) is 0 Å². The van der Waals surface area contributed by atoms with Crippen molar-refractivity contribution >= 4 is 7.85 Å². The molecular formula is C10H19B.